The molecule has 0 spiro atoms. The van der Waals surface area contributed by atoms with Gasteiger partial charge in [-0.2, -0.15) is 0 Å². The van der Waals surface area contributed by atoms with E-state index in [1.165, 1.54) is 17.8 Å². The van der Waals surface area contributed by atoms with Crippen LogP contribution in [0.3, 0.4) is 0 Å². The van der Waals surface area contributed by atoms with Gasteiger partial charge in [0.2, 0.25) is 5.91 Å². The highest BCUT2D eigenvalue weighted by molar-refractivity contribution is 7.99. The van der Waals surface area contributed by atoms with Crippen LogP contribution in [0.25, 0.3) is 0 Å². The van der Waals surface area contributed by atoms with E-state index in [2.05, 4.69) is 10.2 Å². The SMILES string of the molecule is CC(Sc1nnc(CCC(N)=O)n1CC1CCCO1)c1cc(F)ccc1F. The molecule has 0 saturated carbocycles. The van der Waals surface area contributed by atoms with Crippen LogP contribution in [0.15, 0.2) is 23.4 Å². The Labute approximate surface area is 160 Å². The van der Waals surface area contributed by atoms with Gasteiger partial charge in [-0.3, -0.25) is 4.79 Å². The zero-order chi connectivity index (χ0) is 19.4. The monoisotopic (exact) mass is 396 g/mol. The van der Waals surface area contributed by atoms with Crippen LogP contribution < -0.4 is 5.73 Å². The van der Waals surface area contributed by atoms with Gasteiger partial charge < -0.3 is 15.0 Å². The predicted molar refractivity (Wildman–Crippen MR) is 97.1 cm³/mol. The Kier molecular flexibility index (Phi) is 6.43. The number of ether oxygens (including phenoxy) is 1. The number of carbonyl (C=O) groups is 1. The van der Waals surface area contributed by atoms with E-state index in [1.807, 2.05) is 4.57 Å². The number of nitrogens with two attached hydrogens (primary N) is 1. The van der Waals surface area contributed by atoms with Crippen LogP contribution in [-0.2, 0) is 22.5 Å². The standard InChI is InChI=1S/C18H22F2N4O2S/c1-11(14-9-12(19)4-5-15(14)20)27-18-23-22-17(7-6-16(21)25)24(18)10-13-3-2-8-26-13/h4-5,9,11,13H,2-3,6-8,10H2,1H3,(H2,21,25). The number of aromatic nitrogens is 3. The normalized spacial score (nSPS) is 18.0. The van der Waals surface area contributed by atoms with Crippen molar-refractivity contribution in [3.05, 3.63) is 41.2 Å². The number of hydrogen-bond acceptors (Lipinski definition) is 5. The number of carbonyl (C=O) groups excluding carboxylic acids is 1. The van der Waals surface area contributed by atoms with Gasteiger partial charge in [-0.1, -0.05) is 11.8 Å². The summed E-state index contributed by atoms with van der Waals surface area (Å²) >= 11 is 1.30. The minimum absolute atomic E-state index is 0.0499. The van der Waals surface area contributed by atoms with Crippen molar-refractivity contribution in [1.82, 2.24) is 14.8 Å². The van der Waals surface area contributed by atoms with Crippen LogP contribution in [0.4, 0.5) is 8.78 Å². The van der Waals surface area contributed by atoms with E-state index < -0.39 is 17.5 Å². The second-order valence-electron chi connectivity index (χ2n) is 6.54. The molecule has 0 aliphatic carbocycles. The van der Waals surface area contributed by atoms with E-state index in [4.69, 9.17) is 10.5 Å². The average Bonchev–Trinajstić information content (AvgIpc) is 3.26. The zero-order valence-corrected chi connectivity index (χ0v) is 15.8. The van der Waals surface area contributed by atoms with Gasteiger partial charge in [-0.15, -0.1) is 10.2 Å². The van der Waals surface area contributed by atoms with Crippen LogP contribution in [0.2, 0.25) is 0 Å². The van der Waals surface area contributed by atoms with E-state index in [9.17, 15) is 13.6 Å². The summed E-state index contributed by atoms with van der Waals surface area (Å²) in [4.78, 5) is 11.1. The molecular formula is C18H22F2N4O2S. The minimum atomic E-state index is -0.484. The van der Waals surface area contributed by atoms with E-state index in [1.54, 1.807) is 6.92 Å². The molecule has 2 atom stereocenters. The van der Waals surface area contributed by atoms with E-state index in [0.717, 1.165) is 31.6 Å². The number of amides is 1. The lowest BCUT2D eigenvalue weighted by Crippen LogP contribution is -2.19. The third-order valence-corrected chi connectivity index (χ3v) is 5.60. The van der Waals surface area contributed by atoms with Crippen molar-refractivity contribution in [2.24, 2.45) is 5.73 Å². The van der Waals surface area contributed by atoms with Crippen molar-refractivity contribution in [2.75, 3.05) is 6.61 Å². The Morgan fingerprint density at radius 2 is 2.26 bits per heavy atom. The lowest BCUT2D eigenvalue weighted by atomic mass is 10.1. The summed E-state index contributed by atoms with van der Waals surface area (Å²) < 4.78 is 35.2. The Morgan fingerprint density at radius 3 is 2.96 bits per heavy atom. The van der Waals surface area contributed by atoms with Crippen LogP contribution >= 0.6 is 11.8 Å². The maximum atomic E-state index is 14.1. The molecule has 2 N–H and O–H groups in total. The second kappa shape index (κ2) is 8.79. The molecule has 3 rings (SSSR count). The fourth-order valence-electron chi connectivity index (χ4n) is 3.05. The van der Waals surface area contributed by atoms with Gasteiger partial charge in [0.25, 0.3) is 0 Å². The smallest absolute Gasteiger partial charge is 0.217 e. The molecule has 1 aliphatic rings. The van der Waals surface area contributed by atoms with Crippen molar-refractivity contribution >= 4 is 17.7 Å². The lowest BCUT2D eigenvalue weighted by Gasteiger charge is -2.17. The summed E-state index contributed by atoms with van der Waals surface area (Å²) in [5, 5.41) is 8.60. The number of halogens is 2. The molecule has 1 amide bonds. The first-order chi connectivity index (χ1) is 12.9. The predicted octanol–water partition coefficient (Wildman–Crippen LogP) is 3.01. The van der Waals surface area contributed by atoms with Crippen LogP contribution in [0.5, 0.6) is 0 Å². The molecule has 9 heteroatoms. The first-order valence-electron chi connectivity index (χ1n) is 8.87. The number of rotatable bonds is 8. The van der Waals surface area contributed by atoms with E-state index >= 15 is 0 Å². The molecule has 27 heavy (non-hydrogen) atoms. The van der Waals surface area contributed by atoms with Gasteiger partial charge in [0.05, 0.1) is 12.6 Å². The van der Waals surface area contributed by atoms with Crippen molar-refractivity contribution in [3.8, 4) is 0 Å². The molecule has 1 saturated heterocycles. The van der Waals surface area contributed by atoms with Gasteiger partial charge in [0.1, 0.15) is 17.5 Å². The lowest BCUT2D eigenvalue weighted by molar-refractivity contribution is -0.118. The maximum Gasteiger partial charge on any atom is 0.217 e. The summed E-state index contributed by atoms with van der Waals surface area (Å²) in [6.45, 7) is 3.06. The van der Waals surface area contributed by atoms with Crippen molar-refractivity contribution in [1.29, 1.82) is 0 Å². The second-order valence-corrected chi connectivity index (χ2v) is 7.84. The summed E-state index contributed by atoms with van der Waals surface area (Å²) in [5.74, 6) is -0.720. The number of primary amides is 1. The maximum absolute atomic E-state index is 14.1. The third kappa shape index (κ3) is 5.04. The highest BCUT2D eigenvalue weighted by Crippen LogP contribution is 2.36. The average molecular weight is 396 g/mol. The topological polar surface area (TPSA) is 83.0 Å². The van der Waals surface area contributed by atoms with Gasteiger partial charge in [-0.05, 0) is 38.0 Å². The summed E-state index contributed by atoms with van der Waals surface area (Å²) in [6, 6.07) is 3.41. The van der Waals surface area contributed by atoms with Crippen molar-refractivity contribution in [2.45, 2.75) is 55.7 Å². The zero-order valence-electron chi connectivity index (χ0n) is 15.0. The number of hydrogen-bond donors (Lipinski definition) is 1. The molecule has 0 bridgehead atoms. The summed E-state index contributed by atoms with van der Waals surface area (Å²) in [6.07, 6.45) is 2.53. The minimum Gasteiger partial charge on any atom is -0.376 e. The molecule has 2 heterocycles. The molecule has 0 radical (unpaired) electrons. The molecule has 1 aliphatic heterocycles. The fraction of sp³-hybridized carbons (Fsp3) is 0.500. The summed E-state index contributed by atoms with van der Waals surface area (Å²) in [5.41, 5.74) is 5.51. The van der Waals surface area contributed by atoms with Gasteiger partial charge >= 0.3 is 0 Å². The van der Waals surface area contributed by atoms with Gasteiger partial charge in [0, 0.05) is 30.3 Å². The fourth-order valence-corrected chi connectivity index (χ4v) is 4.07. The molecule has 2 unspecified atom stereocenters. The first-order valence-corrected chi connectivity index (χ1v) is 9.75. The highest BCUT2D eigenvalue weighted by Gasteiger charge is 2.23. The molecule has 1 aromatic carbocycles. The third-order valence-electron chi connectivity index (χ3n) is 4.48. The van der Waals surface area contributed by atoms with Gasteiger partial charge in [0.15, 0.2) is 5.16 Å². The van der Waals surface area contributed by atoms with Crippen LogP contribution in [-0.4, -0.2) is 33.4 Å². The summed E-state index contributed by atoms with van der Waals surface area (Å²) in [7, 11) is 0. The van der Waals surface area contributed by atoms with Crippen LogP contribution in [0, 0.1) is 11.6 Å². The number of benzene rings is 1. The van der Waals surface area contributed by atoms with E-state index in [0.29, 0.717) is 23.9 Å². The Morgan fingerprint density at radius 1 is 1.44 bits per heavy atom. The largest absolute Gasteiger partial charge is 0.376 e. The quantitative estimate of drug-likeness (QED) is 0.694. The Bertz CT molecular complexity index is 809. The Hall–Kier alpha value is -2.00. The Balaban J connectivity index is 1.82. The molecule has 146 valence electrons. The first kappa shape index (κ1) is 19.8. The molecule has 1 aromatic heterocycles. The molecule has 2 aromatic rings. The molecular weight excluding hydrogens is 374 g/mol. The highest BCUT2D eigenvalue weighted by atomic mass is 32.2. The number of thioether (sulfide) groups is 1. The molecule has 6 nitrogen and oxygen atoms in total. The van der Waals surface area contributed by atoms with E-state index in [-0.39, 0.29) is 23.3 Å². The molecule has 1 fully saturated rings. The van der Waals surface area contributed by atoms with Crippen molar-refractivity contribution in [3.63, 3.8) is 0 Å². The number of aryl methyl sites for hydroxylation is 1. The van der Waals surface area contributed by atoms with Gasteiger partial charge in [-0.25, -0.2) is 8.78 Å². The van der Waals surface area contributed by atoms with Crippen LogP contribution in [0.1, 0.15) is 42.8 Å². The number of nitrogens with zero attached hydrogens (tertiary/aromatic N) is 3. The van der Waals surface area contributed by atoms with Crippen molar-refractivity contribution < 1.29 is 18.3 Å².